The van der Waals surface area contributed by atoms with Gasteiger partial charge in [-0.15, -0.1) is 11.3 Å². The second kappa shape index (κ2) is 7.89. The number of nitrogens with zero attached hydrogens (tertiary/aromatic N) is 5. The van der Waals surface area contributed by atoms with Gasteiger partial charge in [0, 0.05) is 49.0 Å². The highest BCUT2D eigenvalue weighted by molar-refractivity contribution is 7.15. The summed E-state index contributed by atoms with van der Waals surface area (Å²) in [5.74, 6) is -0.0121. The van der Waals surface area contributed by atoms with Gasteiger partial charge in [0.25, 0.3) is 5.91 Å². The predicted octanol–water partition coefficient (Wildman–Crippen LogP) is 2.62. The number of morpholine rings is 1. The molecule has 1 amide bonds. The second-order valence-electron chi connectivity index (χ2n) is 8.01. The van der Waals surface area contributed by atoms with Crippen molar-refractivity contribution in [3.63, 3.8) is 0 Å². The van der Waals surface area contributed by atoms with Gasteiger partial charge >= 0.3 is 0 Å². The number of H-pyrrole nitrogens is 1. The molecule has 0 radical (unpaired) electrons. The van der Waals surface area contributed by atoms with E-state index in [4.69, 9.17) is 4.74 Å². The largest absolute Gasteiger partial charge is 0.372 e. The van der Waals surface area contributed by atoms with E-state index >= 15 is 0 Å². The minimum absolute atomic E-state index is 0.0121. The standard InChI is InChI=1S/C20H28N6O2S/c1-12-8-25(9-13(2)28-12)19(27)18-17(26-6-7-29-20(26)21-18)11-24(5)10-16-14(3)22-23-15(16)4/h6-7,12-13H,8-11H2,1-5H3,(H,22,23)/t12-,13+. The van der Waals surface area contributed by atoms with Crippen LogP contribution in [0.25, 0.3) is 4.96 Å². The van der Waals surface area contributed by atoms with Crippen LogP contribution in [0.1, 0.15) is 47.0 Å². The van der Waals surface area contributed by atoms with E-state index in [2.05, 4.69) is 27.1 Å². The lowest BCUT2D eigenvalue weighted by molar-refractivity contribution is -0.0587. The quantitative estimate of drug-likeness (QED) is 0.692. The molecule has 0 saturated carbocycles. The molecule has 1 N–H and O–H groups in total. The Labute approximate surface area is 174 Å². The zero-order valence-corrected chi connectivity index (χ0v) is 18.4. The van der Waals surface area contributed by atoms with Crippen molar-refractivity contribution in [1.29, 1.82) is 0 Å². The molecule has 9 heteroatoms. The van der Waals surface area contributed by atoms with Crippen LogP contribution in [-0.2, 0) is 17.8 Å². The highest BCUT2D eigenvalue weighted by Crippen LogP contribution is 2.23. The average molecular weight is 417 g/mol. The zero-order valence-electron chi connectivity index (χ0n) is 17.6. The summed E-state index contributed by atoms with van der Waals surface area (Å²) in [5, 5.41) is 9.33. The third-order valence-corrected chi connectivity index (χ3v) is 6.16. The molecule has 1 aliphatic rings. The number of imidazole rings is 1. The van der Waals surface area contributed by atoms with Gasteiger partial charge in [-0.05, 0) is 34.7 Å². The zero-order chi connectivity index (χ0) is 20.7. The summed E-state index contributed by atoms with van der Waals surface area (Å²) in [6.07, 6.45) is 2.06. The number of rotatable bonds is 5. The van der Waals surface area contributed by atoms with Crippen LogP contribution in [-0.4, -0.2) is 67.6 Å². The van der Waals surface area contributed by atoms with Crippen molar-refractivity contribution < 1.29 is 9.53 Å². The van der Waals surface area contributed by atoms with Gasteiger partial charge in [0.05, 0.1) is 23.6 Å². The Morgan fingerprint density at radius 1 is 1.31 bits per heavy atom. The number of thiazole rings is 1. The molecule has 2 atom stereocenters. The molecule has 1 aliphatic heterocycles. The SMILES string of the molecule is Cc1n[nH]c(C)c1CN(C)Cc1c(C(=O)N2C[C@@H](C)O[C@@H](C)C2)nc2sccn12. The monoisotopic (exact) mass is 416 g/mol. The molecular weight excluding hydrogens is 388 g/mol. The molecule has 0 spiro atoms. The number of hydrogen-bond donors (Lipinski definition) is 1. The van der Waals surface area contributed by atoms with Crippen molar-refractivity contribution in [3.05, 3.63) is 39.9 Å². The fourth-order valence-corrected chi connectivity index (χ4v) is 4.77. The van der Waals surface area contributed by atoms with Gasteiger partial charge < -0.3 is 9.64 Å². The van der Waals surface area contributed by atoms with Gasteiger partial charge in [-0.1, -0.05) is 0 Å². The van der Waals surface area contributed by atoms with Gasteiger partial charge in [0.2, 0.25) is 0 Å². The highest BCUT2D eigenvalue weighted by atomic mass is 32.1. The number of aryl methyl sites for hydroxylation is 2. The molecule has 0 aliphatic carbocycles. The molecule has 1 saturated heterocycles. The summed E-state index contributed by atoms with van der Waals surface area (Å²) in [5.41, 5.74) is 4.76. The molecule has 156 valence electrons. The lowest BCUT2D eigenvalue weighted by atomic mass is 10.1. The van der Waals surface area contributed by atoms with E-state index in [0.717, 1.165) is 28.6 Å². The Balaban J connectivity index is 1.60. The van der Waals surface area contributed by atoms with Crippen LogP contribution in [0.3, 0.4) is 0 Å². The third-order valence-electron chi connectivity index (χ3n) is 5.40. The number of hydrogen-bond acceptors (Lipinski definition) is 6. The molecule has 0 aromatic carbocycles. The summed E-state index contributed by atoms with van der Waals surface area (Å²) in [6, 6.07) is 0. The van der Waals surface area contributed by atoms with E-state index in [-0.39, 0.29) is 18.1 Å². The number of carbonyl (C=O) groups excluding carboxylic acids is 1. The van der Waals surface area contributed by atoms with Gasteiger partial charge in [-0.3, -0.25) is 19.2 Å². The van der Waals surface area contributed by atoms with E-state index in [9.17, 15) is 4.79 Å². The molecule has 4 rings (SSSR count). The Morgan fingerprint density at radius 3 is 2.69 bits per heavy atom. The maximum absolute atomic E-state index is 13.4. The molecule has 3 aromatic rings. The molecule has 0 unspecified atom stereocenters. The van der Waals surface area contributed by atoms with Crippen LogP contribution in [0, 0.1) is 13.8 Å². The van der Waals surface area contributed by atoms with E-state index in [1.807, 2.05) is 48.6 Å². The fraction of sp³-hybridized carbons (Fsp3) is 0.550. The molecule has 8 nitrogen and oxygen atoms in total. The van der Waals surface area contributed by atoms with E-state index < -0.39 is 0 Å². The Bertz CT molecular complexity index is 992. The number of fused-ring (bicyclic) bond motifs is 1. The lowest BCUT2D eigenvalue weighted by Crippen LogP contribution is -2.48. The Hall–Kier alpha value is -2.23. The smallest absolute Gasteiger partial charge is 0.274 e. The van der Waals surface area contributed by atoms with Crippen LogP contribution in [0.2, 0.25) is 0 Å². The Kier molecular flexibility index (Phi) is 5.46. The van der Waals surface area contributed by atoms with Crippen molar-refractivity contribution in [2.45, 2.75) is 53.0 Å². The van der Waals surface area contributed by atoms with E-state index in [0.29, 0.717) is 25.3 Å². The van der Waals surface area contributed by atoms with Crippen LogP contribution in [0.15, 0.2) is 11.6 Å². The number of carbonyl (C=O) groups is 1. The van der Waals surface area contributed by atoms with E-state index in [1.54, 1.807) is 11.3 Å². The van der Waals surface area contributed by atoms with E-state index in [1.165, 1.54) is 5.56 Å². The maximum atomic E-state index is 13.4. The molecule has 1 fully saturated rings. The number of aromatic amines is 1. The van der Waals surface area contributed by atoms with Crippen LogP contribution in [0.4, 0.5) is 0 Å². The highest BCUT2D eigenvalue weighted by Gasteiger charge is 2.30. The van der Waals surface area contributed by atoms with Crippen molar-refractivity contribution in [2.24, 2.45) is 0 Å². The summed E-state index contributed by atoms with van der Waals surface area (Å²) in [4.78, 5) is 23.0. The first-order valence-corrected chi connectivity index (χ1v) is 10.8. The van der Waals surface area contributed by atoms with Gasteiger partial charge in [-0.25, -0.2) is 4.98 Å². The van der Waals surface area contributed by atoms with Gasteiger partial charge in [0.15, 0.2) is 10.7 Å². The number of aromatic nitrogens is 4. The van der Waals surface area contributed by atoms with Gasteiger partial charge in [-0.2, -0.15) is 5.10 Å². The minimum Gasteiger partial charge on any atom is -0.372 e. The van der Waals surface area contributed by atoms with Crippen molar-refractivity contribution in [2.75, 3.05) is 20.1 Å². The molecule has 3 aromatic heterocycles. The van der Waals surface area contributed by atoms with Crippen LogP contribution < -0.4 is 0 Å². The number of ether oxygens (including phenoxy) is 1. The topological polar surface area (TPSA) is 78.8 Å². The second-order valence-corrected chi connectivity index (χ2v) is 8.89. The molecule has 29 heavy (non-hydrogen) atoms. The summed E-state index contributed by atoms with van der Waals surface area (Å²) < 4.78 is 7.83. The first kappa shape index (κ1) is 20.1. The molecule has 0 bridgehead atoms. The normalized spacial score (nSPS) is 20.1. The van der Waals surface area contributed by atoms with Crippen LogP contribution in [0.5, 0.6) is 0 Å². The number of nitrogens with one attached hydrogen (secondary N) is 1. The van der Waals surface area contributed by atoms with Crippen molar-refractivity contribution in [3.8, 4) is 0 Å². The van der Waals surface area contributed by atoms with Crippen LogP contribution >= 0.6 is 11.3 Å². The summed E-state index contributed by atoms with van der Waals surface area (Å²) >= 11 is 1.55. The Morgan fingerprint density at radius 2 is 2.03 bits per heavy atom. The number of amides is 1. The average Bonchev–Trinajstić information content (AvgIpc) is 3.33. The predicted molar refractivity (Wildman–Crippen MR) is 112 cm³/mol. The summed E-state index contributed by atoms with van der Waals surface area (Å²) in [6.45, 7) is 10.6. The third kappa shape index (κ3) is 3.94. The minimum atomic E-state index is -0.0121. The molecular formula is C20H28N6O2S. The first-order valence-electron chi connectivity index (χ1n) is 9.91. The maximum Gasteiger partial charge on any atom is 0.274 e. The van der Waals surface area contributed by atoms with Crippen molar-refractivity contribution in [1.82, 2.24) is 29.4 Å². The fourth-order valence-electron chi connectivity index (χ4n) is 4.04. The van der Waals surface area contributed by atoms with Gasteiger partial charge in [0.1, 0.15) is 0 Å². The van der Waals surface area contributed by atoms with Crippen molar-refractivity contribution >= 4 is 22.2 Å². The summed E-state index contributed by atoms with van der Waals surface area (Å²) in [7, 11) is 2.06. The first-order chi connectivity index (χ1) is 13.8. The molecule has 4 heterocycles. The lowest BCUT2D eigenvalue weighted by Gasteiger charge is -2.35.